The van der Waals surface area contributed by atoms with Gasteiger partial charge in [-0.25, -0.2) is 8.42 Å². The molecule has 4 rings (SSSR count). The van der Waals surface area contributed by atoms with Crippen LogP contribution in [0.5, 0.6) is 0 Å². The van der Waals surface area contributed by atoms with Crippen LogP contribution in [0.15, 0.2) is 24.3 Å². The van der Waals surface area contributed by atoms with Crippen LogP contribution in [0.1, 0.15) is 73.2 Å². The monoisotopic (exact) mass is 405 g/mol. The second-order valence-electron chi connectivity index (χ2n) is 8.61. The Hall–Kier alpha value is -1.40. The zero-order valence-electron chi connectivity index (χ0n) is 16.5. The summed E-state index contributed by atoms with van der Waals surface area (Å²) in [5.41, 5.74) is 1.98. The molecule has 0 radical (unpaired) electrons. The molecular formula is C22H31NO4S. The number of nitrogens with zero attached hydrogens (tertiary/aromatic N) is 1. The lowest BCUT2D eigenvalue weighted by Crippen LogP contribution is -2.45. The van der Waals surface area contributed by atoms with Crippen molar-refractivity contribution in [1.29, 1.82) is 0 Å². The van der Waals surface area contributed by atoms with Crippen LogP contribution in [-0.2, 0) is 14.6 Å². The van der Waals surface area contributed by atoms with Crippen molar-refractivity contribution in [2.75, 3.05) is 24.7 Å². The Balaban J connectivity index is 1.50. The van der Waals surface area contributed by atoms with Crippen LogP contribution in [0, 0.1) is 0 Å². The fraction of sp³-hybridized carbons (Fsp3) is 0.682. The van der Waals surface area contributed by atoms with Crippen LogP contribution in [-0.4, -0.2) is 56.0 Å². The number of benzene rings is 1. The normalized spacial score (nSPS) is 27.7. The molecule has 2 heterocycles. The van der Waals surface area contributed by atoms with Crippen LogP contribution in [0.2, 0.25) is 0 Å². The molecule has 0 unspecified atom stereocenters. The van der Waals surface area contributed by atoms with Gasteiger partial charge in [-0.1, -0.05) is 31.4 Å². The highest BCUT2D eigenvalue weighted by Crippen LogP contribution is 2.33. The van der Waals surface area contributed by atoms with Crippen molar-refractivity contribution in [3.63, 3.8) is 0 Å². The molecule has 3 fully saturated rings. The molecule has 1 saturated carbocycles. The van der Waals surface area contributed by atoms with Crippen LogP contribution < -0.4 is 0 Å². The number of carbonyl (C=O) groups excluding carboxylic acids is 1. The van der Waals surface area contributed by atoms with Crippen molar-refractivity contribution < 1.29 is 17.9 Å². The first kappa shape index (κ1) is 19.9. The largest absolute Gasteiger partial charge is 0.376 e. The Morgan fingerprint density at radius 3 is 2.36 bits per heavy atom. The van der Waals surface area contributed by atoms with Crippen molar-refractivity contribution in [2.24, 2.45) is 0 Å². The molecule has 0 aromatic heterocycles. The van der Waals surface area contributed by atoms with Gasteiger partial charge in [-0.05, 0) is 55.7 Å². The molecule has 2 atom stereocenters. The lowest BCUT2D eigenvalue weighted by atomic mass is 9.84. The summed E-state index contributed by atoms with van der Waals surface area (Å²) in [6, 6.07) is 7.81. The summed E-state index contributed by atoms with van der Waals surface area (Å²) in [7, 11) is -3.05. The van der Waals surface area contributed by atoms with Gasteiger partial charge in [0.1, 0.15) is 0 Å². The zero-order chi connectivity index (χ0) is 19.6. The van der Waals surface area contributed by atoms with Crippen LogP contribution in [0.3, 0.4) is 0 Å². The van der Waals surface area contributed by atoms with E-state index in [1.807, 2.05) is 12.1 Å². The molecule has 154 valence electrons. The van der Waals surface area contributed by atoms with Gasteiger partial charge in [0.15, 0.2) is 9.84 Å². The fourth-order valence-electron chi connectivity index (χ4n) is 4.93. The Morgan fingerprint density at radius 1 is 1.00 bits per heavy atom. The van der Waals surface area contributed by atoms with Crippen LogP contribution in [0.4, 0.5) is 0 Å². The first-order valence-electron chi connectivity index (χ1n) is 10.7. The fourth-order valence-corrected chi connectivity index (χ4v) is 6.66. The highest BCUT2D eigenvalue weighted by atomic mass is 32.2. The first-order chi connectivity index (χ1) is 13.5. The quantitative estimate of drug-likeness (QED) is 0.752. The minimum absolute atomic E-state index is 0.0220. The summed E-state index contributed by atoms with van der Waals surface area (Å²) in [6.07, 6.45) is 8.87. The molecule has 5 nitrogen and oxygen atoms in total. The standard InChI is InChI=1S/C22H31NO4S/c24-22(19-10-8-18(9-11-19)17-5-2-1-3-6-17)23(15-21-7-4-13-27-21)20-12-14-28(25,26)16-20/h8-11,17,20-21H,1-7,12-16H2/t20-,21+/m0/s1. The molecular weight excluding hydrogens is 374 g/mol. The molecule has 2 saturated heterocycles. The summed E-state index contributed by atoms with van der Waals surface area (Å²) in [4.78, 5) is 15.1. The topological polar surface area (TPSA) is 63.7 Å². The van der Waals surface area contributed by atoms with E-state index >= 15 is 0 Å². The predicted octanol–water partition coefficient (Wildman–Crippen LogP) is 3.54. The average molecular weight is 406 g/mol. The summed E-state index contributed by atoms with van der Waals surface area (Å²) < 4.78 is 29.7. The van der Waals surface area contributed by atoms with Gasteiger partial charge >= 0.3 is 0 Å². The van der Waals surface area contributed by atoms with Gasteiger partial charge in [0, 0.05) is 24.8 Å². The van der Waals surface area contributed by atoms with Crippen molar-refractivity contribution in [3.8, 4) is 0 Å². The summed E-state index contributed by atoms with van der Waals surface area (Å²) >= 11 is 0. The minimum Gasteiger partial charge on any atom is -0.376 e. The Bertz CT molecular complexity index is 777. The van der Waals surface area contributed by atoms with Crippen LogP contribution >= 0.6 is 0 Å². The molecule has 6 heteroatoms. The van der Waals surface area contributed by atoms with E-state index in [1.54, 1.807) is 4.90 Å². The molecule has 0 bridgehead atoms. The van der Waals surface area contributed by atoms with Crippen molar-refractivity contribution >= 4 is 15.7 Å². The molecule has 1 aromatic carbocycles. The van der Waals surface area contributed by atoms with Gasteiger partial charge in [0.2, 0.25) is 0 Å². The lowest BCUT2D eigenvalue weighted by Gasteiger charge is -2.30. The number of carbonyl (C=O) groups is 1. The number of rotatable bonds is 5. The number of sulfone groups is 1. The molecule has 1 aromatic rings. The SMILES string of the molecule is O=C(c1ccc(C2CCCCC2)cc1)N(C[C@H]1CCCO1)[C@H]1CCS(=O)(=O)C1. The summed E-state index contributed by atoms with van der Waals surface area (Å²) in [6.45, 7) is 1.22. The summed E-state index contributed by atoms with van der Waals surface area (Å²) in [5, 5.41) is 0. The number of hydrogen-bond donors (Lipinski definition) is 0. The van der Waals surface area contributed by atoms with Gasteiger partial charge < -0.3 is 9.64 Å². The number of hydrogen-bond acceptors (Lipinski definition) is 4. The van der Waals surface area contributed by atoms with E-state index in [0.29, 0.717) is 24.4 Å². The average Bonchev–Trinajstić information content (AvgIpc) is 3.35. The van der Waals surface area contributed by atoms with Gasteiger partial charge in [-0.3, -0.25) is 4.79 Å². The van der Waals surface area contributed by atoms with E-state index in [1.165, 1.54) is 37.7 Å². The van der Waals surface area contributed by atoms with Crippen molar-refractivity contribution in [3.05, 3.63) is 35.4 Å². The summed E-state index contributed by atoms with van der Waals surface area (Å²) in [5.74, 6) is 0.799. The van der Waals surface area contributed by atoms with E-state index in [-0.39, 0.29) is 29.6 Å². The Labute approximate surface area is 168 Å². The second-order valence-corrected chi connectivity index (χ2v) is 10.8. The molecule has 3 aliphatic rings. The van der Waals surface area contributed by atoms with E-state index in [4.69, 9.17) is 4.74 Å². The molecule has 0 N–H and O–H groups in total. The third-order valence-electron chi connectivity index (χ3n) is 6.57. The zero-order valence-corrected chi connectivity index (χ0v) is 17.3. The van der Waals surface area contributed by atoms with E-state index in [9.17, 15) is 13.2 Å². The third-order valence-corrected chi connectivity index (χ3v) is 8.32. The molecule has 28 heavy (non-hydrogen) atoms. The highest BCUT2D eigenvalue weighted by Gasteiger charge is 2.36. The van der Waals surface area contributed by atoms with E-state index in [2.05, 4.69) is 12.1 Å². The second kappa shape index (κ2) is 8.54. The number of amides is 1. The molecule has 0 spiro atoms. The lowest BCUT2D eigenvalue weighted by molar-refractivity contribution is 0.0441. The maximum Gasteiger partial charge on any atom is 0.254 e. The van der Waals surface area contributed by atoms with Crippen molar-refractivity contribution in [2.45, 2.75) is 69.4 Å². The van der Waals surface area contributed by atoms with Gasteiger partial charge in [-0.2, -0.15) is 0 Å². The Morgan fingerprint density at radius 2 is 1.75 bits per heavy atom. The smallest absolute Gasteiger partial charge is 0.254 e. The molecule has 1 aliphatic carbocycles. The van der Waals surface area contributed by atoms with Crippen molar-refractivity contribution in [1.82, 2.24) is 4.90 Å². The van der Waals surface area contributed by atoms with E-state index < -0.39 is 9.84 Å². The van der Waals surface area contributed by atoms with Gasteiger partial charge in [-0.15, -0.1) is 0 Å². The maximum absolute atomic E-state index is 13.3. The van der Waals surface area contributed by atoms with Gasteiger partial charge in [0.05, 0.1) is 17.6 Å². The number of ether oxygens (including phenoxy) is 1. The molecule has 2 aliphatic heterocycles. The highest BCUT2D eigenvalue weighted by molar-refractivity contribution is 7.91. The Kier molecular flexibility index (Phi) is 6.07. The molecule has 1 amide bonds. The predicted molar refractivity (Wildman–Crippen MR) is 109 cm³/mol. The third kappa shape index (κ3) is 4.60. The minimum atomic E-state index is -3.05. The maximum atomic E-state index is 13.3. The van der Waals surface area contributed by atoms with Gasteiger partial charge in [0.25, 0.3) is 5.91 Å². The van der Waals surface area contributed by atoms with E-state index in [0.717, 1.165) is 19.4 Å². The van der Waals surface area contributed by atoms with Crippen LogP contribution in [0.25, 0.3) is 0 Å². The first-order valence-corrected chi connectivity index (χ1v) is 12.6.